The molecule has 2 aliphatic rings. The third-order valence-electron chi connectivity index (χ3n) is 4.12. The molecule has 1 saturated heterocycles. The van der Waals surface area contributed by atoms with Crippen molar-refractivity contribution in [3.8, 4) is 0 Å². The number of hydrogen-bond acceptors (Lipinski definition) is 2. The summed E-state index contributed by atoms with van der Waals surface area (Å²) in [6, 6.07) is 1.59. The minimum atomic E-state index is 0.772. The number of likely N-dealkylation sites (N-methyl/N-ethyl adjacent to an activating group) is 1. The summed E-state index contributed by atoms with van der Waals surface area (Å²) in [5.74, 6) is 0.952. The van der Waals surface area contributed by atoms with Gasteiger partial charge in [0.2, 0.25) is 0 Å². The summed E-state index contributed by atoms with van der Waals surface area (Å²) in [6.45, 7) is 8.48. The van der Waals surface area contributed by atoms with Gasteiger partial charge in [0.25, 0.3) is 0 Å². The van der Waals surface area contributed by atoms with Gasteiger partial charge in [0.1, 0.15) is 0 Å². The standard InChI is InChI=1S/C13H26N2/c1-3-15-8-4-5-13(10-15)14-12-7-6-11(2)9-12/h11-14H,3-10H2,1-2H3. The Morgan fingerprint density at radius 3 is 2.73 bits per heavy atom. The largest absolute Gasteiger partial charge is 0.310 e. The van der Waals surface area contributed by atoms with Gasteiger partial charge >= 0.3 is 0 Å². The van der Waals surface area contributed by atoms with Crippen LogP contribution in [0.5, 0.6) is 0 Å². The average molecular weight is 210 g/mol. The zero-order chi connectivity index (χ0) is 10.7. The van der Waals surface area contributed by atoms with Gasteiger partial charge in [0, 0.05) is 18.6 Å². The Morgan fingerprint density at radius 2 is 2.07 bits per heavy atom. The zero-order valence-electron chi connectivity index (χ0n) is 10.3. The number of nitrogens with one attached hydrogen (secondary N) is 1. The highest BCUT2D eigenvalue weighted by molar-refractivity contribution is 4.85. The quantitative estimate of drug-likeness (QED) is 0.768. The summed E-state index contributed by atoms with van der Waals surface area (Å²) in [5.41, 5.74) is 0. The van der Waals surface area contributed by atoms with Gasteiger partial charge in [-0.15, -0.1) is 0 Å². The van der Waals surface area contributed by atoms with Gasteiger partial charge in [-0.05, 0) is 51.1 Å². The highest BCUT2D eigenvalue weighted by Gasteiger charge is 2.25. The van der Waals surface area contributed by atoms with Gasteiger partial charge in [-0.2, -0.15) is 0 Å². The number of nitrogens with zero attached hydrogens (tertiary/aromatic N) is 1. The SMILES string of the molecule is CCN1CCCC(NC2CCC(C)C2)C1. The molecule has 0 spiro atoms. The van der Waals surface area contributed by atoms with E-state index in [9.17, 15) is 0 Å². The fourth-order valence-electron chi connectivity index (χ4n) is 3.17. The summed E-state index contributed by atoms with van der Waals surface area (Å²) < 4.78 is 0. The maximum Gasteiger partial charge on any atom is 0.0198 e. The molecule has 1 aliphatic carbocycles. The molecule has 0 aromatic heterocycles. The van der Waals surface area contributed by atoms with Crippen LogP contribution in [0.15, 0.2) is 0 Å². The van der Waals surface area contributed by atoms with E-state index in [1.165, 1.54) is 51.7 Å². The van der Waals surface area contributed by atoms with E-state index >= 15 is 0 Å². The Kier molecular flexibility index (Phi) is 4.04. The molecule has 2 fully saturated rings. The van der Waals surface area contributed by atoms with E-state index in [0.717, 1.165) is 18.0 Å². The molecule has 0 radical (unpaired) electrons. The molecule has 15 heavy (non-hydrogen) atoms. The topological polar surface area (TPSA) is 15.3 Å². The molecule has 3 unspecified atom stereocenters. The monoisotopic (exact) mass is 210 g/mol. The molecule has 0 amide bonds. The first-order chi connectivity index (χ1) is 7.28. The molecule has 1 N–H and O–H groups in total. The molecule has 0 aromatic carbocycles. The van der Waals surface area contributed by atoms with Crippen molar-refractivity contribution in [2.24, 2.45) is 5.92 Å². The predicted octanol–water partition coefficient (Wildman–Crippen LogP) is 2.25. The lowest BCUT2D eigenvalue weighted by Gasteiger charge is -2.34. The maximum atomic E-state index is 3.87. The van der Waals surface area contributed by atoms with Crippen LogP contribution in [0.25, 0.3) is 0 Å². The van der Waals surface area contributed by atoms with E-state index < -0.39 is 0 Å². The Labute approximate surface area is 94.4 Å². The molecule has 1 saturated carbocycles. The van der Waals surface area contributed by atoms with Crippen LogP contribution in [-0.2, 0) is 0 Å². The number of hydrogen-bond donors (Lipinski definition) is 1. The Hall–Kier alpha value is -0.0800. The molecule has 1 aliphatic heterocycles. The molecular weight excluding hydrogens is 184 g/mol. The van der Waals surface area contributed by atoms with Crippen molar-refractivity contribution >= 4 is 0 Å². The zero-order valence-corrected chi connectivity index (χ0v) is 10.3. The van der Waals surface area contributed by atoms with Crippen molar-refractivity contribution < 1.29 is 0 Å². The second-order valence-electron chi connectivity index (χ2n) is 5.51. The van der Waals surface area contributed by atoms with Gasteiger partial charge in [0.15, 0.2) is 0 Å². The summed E-state index contributed by atoms with van der Waals surface area (Å²) >= 11 is 0. The maximum absolute atomic E-state index is 3.87. The molecule has 88 valence electrons. The number of piperidine rings is 1. The van der Waals surface area contributed by atoms with E-state index in [4.69, 9.17) is 0 Å². The first-order valence-electron chi connectivity index (χ1n) is 6.76. The van der Waals surface area contributed by atoms with E-state index in [1.54, 1.807) is 0 Å². The summed E-state index contributed by atoms with van der Waals surface area (Å²) in [4.78, 5) is 2.58. The van der Waals surface area contributed by atoms with Gasteiger partial charge in [-0.3, -0.25) is 0 Å². The fraction of sp³-hybridized carbons (Fsp3) is 1.00. The van der Waals surface area contributed by atoms with Crippen molar-refractivity contribution in [1.82, 2.24) is 10.2 Å². The van der Waals surface area contributed by atoms with Crippen molar-refractivity contribution in [2.45, 2.75) is 58.0 Å². The van der Waals surface area contributed by atoms with Crippen molar-refractivity contribution in [3.05, 3.63) is 0 Å². The van der Waals surface area contributed by atoms with Crippen LogP contribution in [0.4, 0.5) is 0 Å². The predicted molar refractivity (Wildman–Crippen MR) is 65.1 cm³/mol. The summed E-state index contributed by atoms with van der Waals surface area (Å²) in [6.07, 6.45) is 7.02. The van der Waals surface area contributed by atoms with Gasteiger partial charge in [-0.25, -0.2) is 0 Å². The van der Waals surface area contributed by atoms with Crippen LogP contribution in [0.3, 0.4) is 0 Å². The second-order valence-corrected chi connectivity index (χ2v) is 5.51. The van der Waals surface area contributed by atoms with Crippen molar-refractivity contribution in [3.63, 3.8) is 0 Å². The van der Waals surface area contributed by atoms with E-state index in [-0.39, 0.29) is 0 Å². The molecule has 0 bridgehead atoms. The summed E-state index contributed by atoms with van der Waals surface area (Å²) in [5, 5.41) is 3.87. The lowest BCUT2D eigenvalue weighted by atomic mass is 10.0. The van der Waals surface area contributed by atoms with Crippen LogP contribution < -0.4 is 5.32 Å². The van der Waals surface area contributed by atoms with Crippen LogP contribution in [0, 0.1) is 5.92 Å². The molecule has 2 rings (SSSR count). The van der Waals surface area contributed by atoms with E-state index in [2.05, 4.69) is 24.1 Å². The van der Waals surface area contributed by atoms with Crippen molar-refractivity contribution in [2.75, 3.05) is 19.6 Å². The fourth-order valence-corrected chi connectivity index (χ4v) is 3.17. The molecular formula is C13H26N2. The van der Waals surface area contributed by atoms with Crippen molar-refractivity contribution in [1.29, 1.82) is 0 Å². The van der Waals surface area contributed by atoms with Crippen LogP contribution in [-0.4, -0.2) is 36.6 Å². The lowest BCUT2D eigenvalue weighted by Crippen LogP contribution is -2.48. The smallest absolute Gasteiger partial charge is 0.0198 e. The summed E-state index contributed by atoms with van der Waals surface area (Å²) in [7, 11) is 0. The Balaban J connectivity index is 1.74. The Morgan fingerprint density at radius 1 is 1.20 bits per heavy atom. The molecule has 0 aromatic rings. The normalized spacial score (nSPS) is 38.4. The van der Waals surface area contributed by atoms with E-state index in [0.29, 0.717) is 0 Å². The van der Waals surface area contributed by atoms with Gasteiger partial charge in [0.05, 0.1) is 0 Å². The van der Waals surface area contributed by atoms with Crippen LogP contribution in [0.2, 0.25) is 0 Å². The number of rotatable bonds is 3. The third-order valence-corrected chi connectivity index (χ3v) is 4.12. The molecule has 1 heterocycles. The highest BCUT2D eigenvalue weighted by atomic mass is 15.2. The first kappa shape index (κ1) is 11.4. The van der Waals surface area contributed by atoms with Crippen LogP contribution >= 0.6 is 0 Å². The van der Waals surface area contributed by atoms with Crippen LogP contribution in [0.1, 0.15) is 46.0 Å². The highest BCUT2D eigenvalue weighted by Crippen LogP contribution is 2.25. The third kappa shape index (κ3) is 3.18. The first-order valence-corrected chi connectivity index (χ1v) is 6.76. The molecule has 2 heteroatoms. The molecule has 2 nitrogen and oxygen atoms in total. The minimum Gasteiger partial charge on any atom is -0.310 e. The lowest BCUT2D eigenvalue weighted by molar-refractivity contribution is 0.190. The Bertz CT molecular complexity index is 193. The van der Waals surface area contributed by atoms with Gasteiger partial charge < -0.3 is 10.2 Å². The average Bonchev–Trinajstić information content (AvgIpc) is 2.64. The minimum absolute atomic E-state index is 0.772. The number of likely N-dealkylation sites (tertiary alicyclic amines) is 1. The van der Waals surface area contributed by atoms with Gasteiger partial charge in [-0.1, -0.05) is 13.8 Å². The second kappa shape index (κ2) is 5.31. The molecule has 3 atom stereocenters. The van der Waals surface area contributed by atoms with E-state index in [1.807, 2.05) is 0 Å².